The Bertz CT molecular complexity index is 603. The molecule has 2 N–H and O–H groups in total. The molecule has 2 heterocycles. The predicted octanol–water partition coefficient (Wildman–Crippen LogP) is 1.96. The fourth-order valence-electron chi connectivity index (χ4n) is 2.87. The average Bonchev–Trinajstić information content (AvgIpc) is 2.76. The number of carbonyl (C=O) groups excluding carboxylic acids is 1. The minimum atomic E-state index is -0.243. The molecule has 0 bridgehead atoms. The monoisotopic (exact) mass is 258 g/mol. The maximum Gasteiger partial charge on any atom is 0.315 e. The molecule has 1 aromatic heterocycles. The van der Waals surface area contributed by atoms with Gasteiger partial charge in [0.1, 0.15) is 5.92 Å². The van der Waals surface area contributed by atoms with Crippen LogP contribution in [0.1, 0.15) is 23.6 Å². The highest BCUT2D eigenvalue weighted by molar-refractivity contribution is 5.88. The van der Waals surface area contributed by atoms with Crippen molar-refractivity contribution in [1.29, 1.82) is 0 Å². The van der Waals surface area contributed by atoms with Crippen molar-refractivity contribution in [2.75, 3.05) is 20.2 Å². The molecule has 4 heteroatoms. The van der Waals surface area contributed by atoms with Gasteiger partial charge in [-0.25, -0.2) is 0 Å². The number of ether oxygens (including phenoxy) is 1. The zero-order valence-electron chi connectivity index (χ0n) is 11.0. The summed E-state index contributed by atoms with van der Waals surface area (Å²) in [4.78, 5) is 15.4. The van der Waals surface area contributed by atoms with Crippen molar-refractivity contribution in [3.05, 3.63) is 35.5 Å². The lowest BCUT2D eigenvalue weighted by molar-refractivity contribution is -0.142. The van der Waals surface area contributed by atoms with Gasteiger partial charge in [0, 0.05) is 23.1 Å². The first-order valence-corrected chi connectivity index (χ1v) is 6.69. The molecular weight excluding hydrogens is 240 g/mol. The lowest BCUT2D eigenvalue weighted by Crippen LogP contribution is -2.31. The normalized spacial score (nSPS) is 19.5. The van der Waals surface area contributed by atoms with Gasteiger partial charge in [-0.3, -0.25) is 4.79 Å². The summed E-state index contributed by atoms with van der Waals surface area (Å²) in [6, 6.07) is 8.23. The van der Waals surface area contributed by atoms with E-state index in [9.17, 15) is 4.79 Å². The number of hydrogen-bond acceptors (Lipinski definition) is 3. The first-order valence-electron chi connectivity index (χ1n) is 6.69. The molecule has 2 aromatic rings. The van der Waals surface area contributed by atoms with Crippen LogP contribution in [0.5, 0.6) is 0 Å². The number of rotatable bonds is 1. The lowest BCUT2D eigenvalue weighted by atomic mass is 9.95. The number of nitrogens with one attached hydrogen (secondary N) is 2. The van der Waals surface area contributed by atoms with Crippen molar-refractivity contribution >= 4 is 16.9 Å². The Labute approximate surface area is 112 Å². The zero-order valence-corrected chi connectivity index (χ0v) is 11.0. The van der Waals surface area contributed by atoms with Crippen LogP contribution in [-0.2, 0) is 16.0 Å². The average molecular weight is 258 g/mol. The van der Waals surface area contributed by atoms with E-state index >= 15 is 0 Å². The molecule has 1 aromatic carbocycles. The van der Waals surface area contributed by atoms with Crippen molar-refractivity contribution in [3.8, 4) is 0 Å². The number of hydrogen-bond donors (Lipinski definition) is 2. The number of H-pyrrole nitrogens is 1. The zero-order chi connectivity index (χ0) is 13.2. The molecule has 1 aliphatic rings. The van der Waals surface area contributed by atoms with Gasteiger partial charge in [0.25, 0.3) is 0 Å². The standard InChI is InChI=1S/C15H18N2O2/c1-19-15(18)12-9-16-8-4-6-11-10-5-2-3-7-13(10)17-14(11)12/h2-3,5,7,12,16-17H,4,6,8-9H2,1H3. The van der Waals surface area contributed by atoms with Crippen LogP contribution in [0.15, 0.2) is 24.3 Å². The van der Waals surface area contributed by atoms with Crippen molar-refractivity contribution in [2.45, 2.75) is 18.8 Å². The molecule has 0 saturated carbocycles. The third kappa shape index (κ3) is 2.12. The second kappa shape index (κ2) is 5.05. The molecule has 3 rings (SSSR count). The third-order valence-corrected chi connectivity index (χ3v) is 3.81. The first kappa shape index (κ1) is 12.2. The Morgan fingerprint density at radius 1 is 1.37 bits per heavy atom. The second-order valence-electron chi connectivity index (χ2n) is 4.95. The number of esters is 1. The summed E-state index contributed by atoms with van der Waals surface area (Å²) >= 11 is 0. The molecule has 0 amide bonds. The van der Waals surface area contributed by atoms with Crippen LogP contribution in [0.2, 0.25) is 0 Å². The van der Waals surface area contributed by atoms with Gasteiger partial charge in [-0.15, -0.1) is 0 Å². The quantitative estimate of drug-likeness (QED) is 0.769. The van der Waals surface area contributed by atoms with Crippen molar-refractivity contribution in [2.24, 2.45) is 0 Å². The van der Waals surface area contributed by atoms with Gasteiger partial charge in [0.05, 0.1) is 7.11 Å². The molecular formula is C15H18N2O2. The second-order valence-corrected chi connectivity index (χ2v) is 4.95. The van der Waals surface area contributed by atoms with E-state index in [4.69, 9.17) is 4.74 Å². The predicted molar refractivity (Wildman–Crippen MR) is 74.2 cm³/mol. The van der Waals surface area contributed by atoms with Crippen molar-refractivity contribution in [1.82, 2.24) is 10.3 Å². The molecule has 19 heavy (non-hydrogen) atoms. The number of aromatic amines is 1. The van der Waals surface area contributed by atoms with Crippen LogP contribution in [0, 0.1) is 0 Å². The van der Waals surface area contributed by atoms with Gasteiger partial charge in [0.2, 0.25) is 0 Å². The molecule has 0 spiro atoms. The summed E-state index contributed by atoms with van der Waals surface area (Å²) < 4.78 is 4.94. The fourth-order valence-corrected chi connectivity index (χ4v) is 2.87. The summed E-state index contributed by atoms with van der Waals surface area (Å²) in [5.74, 6) is -0.421. The summed E-state index contributed by atoms with van der Waals surface area (Å²) in [5, 5.41) is 4.55. The lowest BCUT2D eigenvalue weighted by Gasteiger charge is -2.19. The van der Waals surface area contributed by atoms with Crippen LogP contribution in [-0.4, -0.2) is 31.2 Å². The van der Waals surface area contributed by atoms with E-state index in [2.05, 4.69) is 22.4 Å². The van der Waals surface area contributed by atoms with Crippen LogP contribution >= 0.6 is 0 Å². The largest absolute Gasteiger partial charge is 0.468 e. The van der Waals surface area contributed by atoms with Crippen LogP contribution in [0.25, 0.3) is 10.9 Å². The topological polar surface area (TPSA) is 54.1 Å². The van der Waals surface area contributed by atoms with E-state index < -0.39 is 0 Å². The van der Waals surface area contributed by atoms with E-state index in [0.29, 0.717) is 6.54 Å². The Morgan fingerprint density at radius 2 is 2.21 bits per heavy atom. The van der Waals surface area contributed by atoms with Crippen molar-refractivity contribution < 1.29 is 9.53 Å². The van der Waals surface area contributed by atoms with E-state index in [0.717, 1.165) is 30.6 Å². The number of aryl methyl sites for hydroxylation is 1. The maximum absolute atomic E-state index is 12.0. The summed E-state index contributed by atoms with van der Waals surface area (Å²) in [5.41, 5.74) is 3.39. The van der Waals surface area contributed by atoms with Gasteiger partial charge in [0.15, 0.2) is 0 Å². The molecule has 0 fully saturated rings. The Morgan fingerprint density at radius 3 is 3.05 bits per heavy atom. The van der Waals surface area contributed by atoms with Gasteiger partial charge in [-0.2, -0.15) is 0 Å². The Balaban J connectivity index is 2.15. The number of methoxy groups -OCH3 is 1. The Hall–Kier alpha value is -1.81. The highest BCUT2D eigenvalue weighted by atomic mass is 16.5. The van der Waals surface area contributed by atoms with E-state index in [1.807, 2.05) is 12.1 Å². The van der Waals surface area contributed by atoms with Gasteiger partial charge >= 0.3 is 5.97 Å². The molecule has 4 nitrogen and oxygen atoms in total. The summed E-state index contributed by atoms with van der Waals surface area (Å²) in [6.45, 7) is 1.57. The third-order valence-electron chi connectivity index (χ3n) is 3.81. The van der Waals surface area contributed by atoms with Crippen LogP contribution in [0.4, 0.5) is 0 Å². The first-order chi connectivity index (χ1) is 9.31. The number of aromatic nitrogens is 1. The smallest absolute Gasteiger partial charge is 0.315 e. The SMILES string of the molecule is COC(=O)C1CNCCCc2c1[nH]c1ccccc21. The molecule has 0 aliphatic carbocycles. The molecule has 0 radical (unpaired) electrons. The number of para-hydroxylation sites is 1. The van der Waals surface area contributed by atoms with Gasteiger partial charge in [-0.1, -0.05) is 18.2 Å². The highest BCUT2D eigenvalue weighted by Crippen LogP contribution is 2.30. The minimum absolute atomic E-state index is 0.179. The number of fused-ring (bicyclic) bond motifs is 3. The van der Waals surface area contributed by atoms with Gasteiger partial charge < -0.3 is 15.0 Å². The summed E-state index contributed by atoms with van der Waals surface area (Å²) in [6.07, 6.45) is 2.07. The summed E-state index contributed by atoms with van der Waals surface area (Å²) in [7, 11) is 1.45. The van der Waals surface area contributed by atoms with Crippen LogP contribution < -0.4 is 5.32 Å². The number of benzene rings is 1. The van der Waals surface area contributed by atoms with E-state index in [1.165, 1.54) is 18.1 Å². The van der Waals surface area contributed by atoms with E-state index in [-0.39, 0.29) is 11.9 Å². The highest BCUT2D eigenvalue weighted by Gasteiger charge is 2.27. The maximum atomic E-state index is 12.0. The fraction of sp³-hybridized carbons (Fsp3) is 0.400. The molecule has 1 unspecified atom stereocenters. The number of carbonyl (C=O) groups is 1. The van der Waals surface area contributed by atoms with Gasteiger partial charge in [-0.05, 0) is 31.0 Å². The Kier molecular flexibility index (Phi) is 3.25. The van der Waals surface area contributed by atoms with Crippen molar-refractivity contribution in [3.63, 3.8) is 0 Å². The minimum Gasteiger partial charge on any atom is -0.468 e. The van der Waals surface area contributed by atoms with E-state index in [1.54, 1.807) is 0 Å². The molecule has 100 valence electrons. The van der Waals surface area contributed by atoms with Crippen LogP contribution in [0.3, 0.4) is 0 Å². The molecule has 0 saturated heterocycles. The molecule has 1 aliphatic heterocycles. The molecule has 1 atom stereocenters.